The zero-order valence-electron chi connectivity index (χ0n) is 36.2. The third-order valence-electron chi connectivity index (χ3n) is 12.3. The number of thiophene rings is 4. The summed E-state index contributed by atoms with van der Waals surface area (Å²) in [5.74, 6) is -0.281. The van der Waals surface area contributed by atoms with Crippen LogP contribution in [0.25, 0.3) is 51.4 Å². The van der Waals surface area contributed by atoms with Gasteiger partial charge in [0.05, 0.1) is 18.3 Å². The van der Waals surface area contributed by atoms with Crippen molar-refractivity contribution < 1.29 is 9.53 Å². The molecule has 0 N–H and O–H groups in total. The van der Waals surface area contributed by atoms with Crippen molar-refractivity contribution in [3.63, 3.8) is 0 Å². The Labute approximate surface area is 373 Å². The number of ether oxygens (including phenoxy) is 1. The van der Waals surface area contributed by atoms with Gasteiger partial charge in [-0.1, -0.05) is 110 Å². The molecule has 0 bridgehead atoms. The first-order valence-corrected chi connectivity index (χ1v) is 26.2. The van der Waals surface area contributed by atoms with E-state index < -0.39 is 0 Å². The fraction of sp³-hybridized carbons (Fsp3) is 0.500. The molecule has 0 unspecified atom stereocenters. The minimum Gasteiger partial charge on any atom is -0.462 e. The Balaban J connectivity index is 1.07. The van der Waals surface area contributed by atoms with Gasteiger partial charge in [0.25, 0.3) is 0 Å². The van der Waals surface area contributed by atoms with Crippen LogP contribution < -0.4 is 0 Å². The van der Waals surface area contributed by atoms with Crippen LogP contribution in [-0.2, 0) is 21.4 Å². The van der Waals surface area contributed by atoms with Crippen LogP contribution in [0, 0.1) is 20.8 Å². The van der Waals surface area contributed by atoms with Crippen molar-refractivity contribution in [2.45, 2.75) is 156 Å². The van der Waals surface area contributed by atoms with Crippen LogP contribution in [-0.4, -0.2) is 21.3 Å². The molecule has 0 aliphatic heterocycles. The number of hydrogen-bond acceptors (Lipinski definition) is 9. The van der Waals surface area contributed by atoms with Crippen LogP contribution in [0.1, 0.15) is 156 Å². The summed E-state index contributed by atoms with van der Waals surface area (Å²) in [6.45, 7) is 17.4. The summed E-state index contributed by atoms with van der Waals surface area (Å²) in [6.07, 6.45) is 21.0. The molecule has 0 amide bonds. The van der Waals surface area contributed by atoms with Crippen LogP contribution in [0.5, 0.6) is 0 Å². The molecule has 314 valence electrons. The zero-order valence-corrected chi connectivity index (χ0v) is 40.2. The number of carbonyl (C=O) groups is 1. The molecule has 0 radical (unpaired) electrons. The monoisotopic (exact) mass is 882 g/mol. The average Bonchev–Trinajstić information content (AvgIpc) is 4.08. The third-order valence-corrected chi connectivity index (χ3v) is 17.7. The van der Waals surface area contributed by atoms with Crippen molar-refractivity contribution in [2.24, 2.45) is 0 Å². The summed E-state index contributed by atoms with van der Waals surface area (Å²) in [5, 5.41) is 0. The maximum absolute atomic E-state index is 11.6. The summed E-state index contributed by atoms with van der Waals surface area (Å²) in [6, 6.07) is 14.6. The number of benzene rings is 1. The molecule has 0 spiro atoms. The van der Waals surface area contributed by atoms with Crippen molar-refractivity contribution in [3.05, 3.63) is 80.6 Å². The Morgan fingerprint density at radius 1 is 0.661 bits per heavy atom. The predicted molar refractivity (Wildman–Crippen MR) is 260 cm³/mol. The Bertz CT molecular complexity index is 2350. The van der Waals surface area contributed by atoms with E-state index in [1.54, 1.807) is 27.8 Å². The smallest absolute Gasteiger partial charge is 0.333 e. The number of fused-ring (bicyclic) bond motifs is 4. The van der Waals surface area contributed by atoms with E-state index in [-0.39, 0.29) is 11.4 Å². The van der Waals surface area contributed by atoms with Crippen LogP contribution in [0.3, 0.4) is 0 Å². The first kappa shape index (κ1) is 44.1. The minimum absolute atomic E-state index is 0.152. The van der Waals surface area contributed by atoms with E-state index in [0.717, 1.165) is 30.3 Å². The van der Waals surface area contributed by atoms with E-state index >= 15 is 0 Å². The fourth-order valence-electron chi connectivity index (χ4n) is 9.02. The maximum Gasteiger partial charge on any atom is 0.333 e. The lowest BCUT2D eigenvalue weighted by molar-refractivity contribution is -0.139. The molecule has 0 atom stereocenters. The second kappa shape index (κ2) is 20.3. The Hall–Kier alpha value is -2.95. The fourth-order valence-corrected chi connectivity index (χ4v) is 14.6. The summed E-state index contributed by atoms with van der Waals surface area (Å²) < 4.78 is 15.0. The van der Waals surface area contributed by atoms with Gasteiger partial charge in [-0.25, -0.2) is 4.79 Å². The predicted octanol–water partition coefficient (Wildman–Crippen LogP) is 17.1. The molecule has 1 aromatic carbocycles. The third kappa shape index (κ3) is 9.75. The number of aromatic nitrogens is 2. The SMILES string of the molecule is C=C(C)C(=O)OCCCCCCCCc1cc(-c2ccc(-c3cc(C)c(-c4cc5c(s4)-c4sc(C)cc4C5(CCCCCC)CCCCCC)s3)c3nsnc23)sc1C. The van der Waals surface area contributed by atoms with Gasteiger partial charge in [-0.15, -0.1) is 45.3 Å². The molecular weight excluding hydrogens is 821 g/mol. The molecule has 6 aromatic rings. The summed E-state index contributed by atoms with van der Waals surface area (Å²) in [4.78, 5) is 22.9. The molecule has 0 fully saturated rings. The number of rotatable bonds is 23. The lowest BCUT2D eigenvalue weighted by Crippen LogP contribution is -2.25. The van der Waals surface area contributed by atoms with Gasteiger partial charge in [0, 0.05) is 61.1 Å². The molecule has 4 nitrogen and oxygen atoms in total. The Kier molecular flexibility index (Phi) is 15.2. The van der Waals surface area contributed by atoms with Crippen LogP contribution in [0.4, 0.5) is 0 Å². The van der Waals surface area contributed by atoms with Crippen molar-refractivity contribution in [1.29, 1.82) is 0 Å². The topological polar surface area (TPSA) is 52.1 Å². The van der Waals surface area contributed by atoms with Crippen molar-refractivity contribution in [2.75, 3.05) is 6.61 Å². The van der Waals surface area contributed by atoms with E-state index in [2.05, 4.69) is 77.6 Å². The highest BCUT2D eigenvalue weighted by Crippen LogP contribution is 2.61. The molecule has 9 heteroatoms. The van der Waals surface area contributed by atoms with Gasteiger partial charge >= 0.3 is 5.97 Å². The summed E-state index contributed by atoms with van der Waals surface area (Å²) >= 11 is 9.23. The number of aryl methyl sites for hydroxylation is 4. The molecule has 5 aromatic heterocycles. The number of hydrogen-bond donors (Lipinski definition) is 0. The maximum atomic E-state index is 11.6. The second-order valence-corrected chi connectivity index (χ2v) is 22.0. The largest absolute Gasteiger partial charge is 0.462 e. The normalized spacial score (nSPS) is 13.1. The van der Waals surface area contributed by atoms with Gasteiger partial charge in [-0.3, -0.25) is 0 Å². The lowest BCUT2D eigenvalue weighted by atomic mass is 9.71. The van der Waals surface area contributed by atoms with E-state index in [9.17, 15) is 4.79 Å². The molecule has 5 heterocycles. The number of nitrogens with zero attached hydrogens (tertiary/aromatic N) is 2. The molecule has 0 saturated heterocycles. The Morgan fingerprint density at radius 3 is 1.90 bits per heavy atom. The standard InChI is InChI=1S/C50H62N2O2S5/c1-8-10-12-19-25-50(26-20-13-11-9-2)39-29-34(6)55-47(39)48-40(50)31-43(58-48)46-33(5)28-41(57-46)37-23-24-38(45-44(37)51-59-52-45)42-30-36(35(7)56-42)22-18-16-14-15-17-21-27-54-49(53)32(3)4/h23-24,28-31H,3,8-22,25-27H2,1-2,4-7H3. The molecule has 1 aliphatic carbocycles. The highest BCUT2D eigenvalue weighted by atomic mass is 32.1. The second-order valence-electron chi connectivity index (χ2n) is 16.9. The highest BCUT2D eigenvalue weighted by molar-refractivity contribution is 7.27. The van der Waals surface area contributed by atoms with Crippen molar-refractivity contribution >= 4 is 74.1 Å². The van der Waals surface area contributed by atoms with E-state index in [0.29, 0.717) is 12.2 Å². The molecule has 1 aliphatic rings. The zero-order chi connectivity index (χ0) is 41.5. The number of unbranched alkanes of at least 4 members (excludes halogenated alkanes) is 11. The van der Waals surface area contributed by atoms with Crippen LogP contribution in [0.15, 0.2) is 48.6 Å². The molecule has 59 heavy (non-hydrogen) atoms. The molecule has 0 saturated carbocycles. The van der Waals surface area contributed by atoms with Gasteiger partial charge < -0.3 is 4.74 Å². The molecule has 7 rings (SSSR count). The number of esters is 1. The Morgan fingerprint density at radius 2 is 1.24 bits per heavy atom. The first-order chi connectivity index (χ1) is 28.6. The first-order valence-electron chi connectivity index (χ1n) is 22.2. The van der Waals surface area contributed by atoms with Crippen molar-refractivity contribution in [3.8, 4) is 40.4 Å². The highest BCUT2D eigenvalue weighted by Gasteiger charge is 2.45. The summed E-state index contributed by atoms with van der Waals surface area (Å²) in [5.41, 5.74) is 11.1. The lowest BCUT2D eigenvalue weighted by Gasteiger charge is -2.31. The van der Waals surface area contributed by atoms with Gasteiger partial charge in [0.2, 0.25) is 0 Å². The van der Waals surface area contributed by atoms with Gasteiger partial charge in [-0.05, 0) is 106 Å². The van der Waals surface area contributed by atoms with Gasteiger partial charge in [0.1, 0.15) is 11.0 Å². The van der Waals surface area contributed by atoms with Crippen molar-refractivity contribution in [1.82, 2.24) is 8.75 Å². The van der Waals surface area contributed by atoms with Crippen LogP contribution in [0.2, 0.25) is 0 Å². The van der Waals surface area contributed by atoms with Gasteiger partial charge in [0.15, 0.2) is 0 Å². The van der Waals surface area contributed by atoms with Gasteiger partial charge in [-0.2, -0.15) is 8.75 Å². The van der Waals surface area contributed by atoms with E-state index in [1.807, 2.05) is 45.3 Å². The molecular formula is C50H62N2O2S5. The van der Waals surface area contributed by atoms with Crippen LogP contribution >= 0.6 is 57.1 Å². The minimum atomic E-state index is -0.281. The van der Waals surface area contributed by atoms with E-state index in [1.165, 1.54) is 153 Å². The van der Waals surface area contributed by atoms with E-state index in [4.69, 9.17) is 13.5 Å². The summed E-state index contributed by atoms with van der Waals surface area (Å²) in [7, 11) is 0. The average molecular weight is 883 g/mol. The number of carbonyl (C=O) groups excluding carboxylic acids is 1. The quantitative estimate of drug-likeness (QED) is 0.0365.